The van der Waals surface area contributed by atoms with Gasteiger partial charge in [-0.05, 0) is 24.5 Å². The molecule has 1 fully saturated rings. The van der Waals surface area contributed by atoms with Gasteiger partial charge in [-0.15, -0.1) is 0 Å². The van der Waals surface area contributed by atoms with Crippen LogP contribution in [0.5, 0.6) is 0 Å². The Labute approximate surface area is 116 Å². The van der Waals surface area contributed by atoms with Gasteiger partial charge in [0.25, 0.3) is 0 Å². The normalized spacial score (nSPS) is 15.4. The highest BCUT2D eigenvalue weighted by atomic mass is 19.2. The molecule has 0 spiro atoms. The molecule has 0 radical (unpaired) electrons. The molecular weight excluding hydrogens is 268 g/mol. The molecular formula is C14H17F2NO3. The van der Waals surface area contributed by atoms with Crippen molar-refractivity contribution in [3.8, 4) is 0 Å². The predicted molar refractivity (Wildman–Crippen MR) is 70.0 cm³/mol. The zero-order valence-electron chi connectivity index (χ0n) is 11.1. The van der Waals surface area contributed by atoms with Crippen molar-refractivity contribution in [1.29, 1.82) is 0 Å². The van der Waals surface area contributed by atoms with Gasteiger partial charge in [0.1, 0.15) is 0 Å². The predicted octanol–water partition coefficient (Wildman–Crippen LogP) is 2.21. The fourth-order valence-corrected chi connectivity index (χ4v) is 2.31. The van der Waals surface area contributed by atoms with Crippen LogP contribution in [-0.2, 0) is 16.0 Å². The highest BCUT2D eigenvalue weighted by Crippen LogP contribution is 2.26. The topological polar surface area (TPSA) is 49.8 Å². The number of anilines is 1. The summed E-state index contributed by atoms with van der Waals surface area (Å²) in [6.45, 7) is 2.34. The van der Waals surface area contributed by atoms with Gasteiger partial charge in [0.15, 0.2) is 11.6 Å². The number of aryl methyl sites for hydroxylation is 1. The quantitative estimate of drug-likeness (QED) is 0.901. The van der Waals surface area contributed by atoms with Gasteiger partial charge in [0.2, 0.25) is 0 Å². The summed E-state index contributed by atoms with van der Waals surface area (Å²) in [6.07, 6.45) is 0.829. The molecule has 0 atom stereocenters. The van der Waals surface area contributed by atoms with Gasteiger partial charge < -0.3 is 14.7 Å². The summed E-state index contributed by atoms with van der Waals surface area (Å²) in [5.41, 5.74) is 1.28. The van der Waals surface area contributed by atoms with Gasteiger partial charge in [-0.3, -0.25) is 4.79 Å². The molecule has 0 aliphatic carbocycles. The van der Waals surface area contributed by atoms with Crippen molar-refractivity contribution in [1.82, 2.24) is 0 Å². The lowest BCUT2D eigenvalue weighted by Crippen LogP contribution is -2.37. The number of ether oxygens (including phenoxy) is 1. The molecule has 0 saturated carbocycles. The van der Waals surface area contributed by atoms with Crippen molar-refractivity contribution in [3.05, 3.63) is 29.3 Å². The molecule has 2 rings (SSSR count). The molecule has 0 amide bonds. The molecule has 1 aliphatic rings. The zero-order valence-corrected chi connectivity index (χ0v) is 11.1. The maximum atomic E-state index is 13.4. The number of hydrogen-bond donors (Lipinski definition) is 1. The smallest absolute Gasteiger partial charge is 0.303 e. The maximum Gasteiger partial charge on any atom is 0.303 e. The Morgan fingerprint density at radius 1 is 1.25 bits per heavy atom. The molecule has 1 aromatic rings. The van der Waals surface area contributed by atoms with Crippen LogP contribution in [0.3, 0.4) is 0 Å². The minimum Gasteiger partial charge on any atom is -0.481 e. The van der Waals surface area contributed by atoms with Crippen LogP contribution in [0.1, 0.15) is 18.4 Å². The lowest BCUT2D eigenvalue weighted by Gasteiger charge is -2.30. The van der Waals surface area contributed by atoms with Crippen molar-refractivity contribution >= 4 is 11.7 Å². The molecule has 0 unspecified atom stereocenters. The molecule has 1 saturated heterocycles. The van der Waals surface area contributed by atoms with E-state index in [0.717, 1.165) is 0 Å². The van der Waals surface area contributed by atoms with Crippen LogP contribution in [-0.4, -0.2) is 37.4 Å². The van der Waals surface area contributed by atoms with E-state index in [9.17, 15) is 13.6 Å². The van der Waals surface area contributed by atoms with Crippen LogP contribution in [0, 0.1) is 11.6 Å². The number of rotatable bonds is 5. The van der Waals surface area contributed by atoms with Crippen molar-refractivity contribution in [2.24, 2.45) is 0 Å². The third kappa shape index (κ3) is 3.66. The van der Waals surface area contributed by atoms with E-state index in [1.807, 2.05) is 4.90 Å². The van der Waals surface area contributed by atoms with Crippen molar-refractivity contribution < 1.29 is 23.4 Å². The van der Waals surface area contributed by atoms with Gasteiger partial charge in [-0.2, -0.15) is 0 Å². The Morgan fingerprint density at radius 3 is 2.55 bits per heavy atom. The molecule has 1 N–H and O–H groups in total. The number of hydrogen-bond acceptors (Lipinski definition) is 3. The summed E-state index contributed by atoms with van der Waals surface area (Å²) in [6, 6.07) is 2.36. The molecule has 6 heteroatoms. The molecule has 20 heavy (non-hydrogen) atoms. The first kappa shape index (κ1) is 14.7. The van der Waals surface area contributed by atoms with Crippen molar-refractivity contribution in [2.45, 2.75) is 19.3 Å². The molecule has 1 heterocycles. The third-order valence-corrected chi connectivity index (χ3v) is 3.31. The second-order valence-electron chi connectivity index (χ2n) is 4.74. The summed E-state index contributed by atoms with van der Waals surface area (Å²) in [5.74, 6) is -2.67. The van der Waals surface area contributed by atoms with Gasteiger partial charge in [-0.25, -0.2) is 8.78 Å². The maximum absolute atomic E-state index is 13.4. The number of benzene rings is 1. The number of carboxylic acids is 1. The average Bonchev–Trinajstić information content (AvgIpc) is 2.43. The van der Waals surface area contributed by atoms with E-state index in [-0.39, 0.29) is 6.42 Å². The standard InChI is InChI=1S/C14H17F2NO3/c15-11-8-10(2-1-3-14(18)19)13(9-12(11)16)17-4-6-20-7-5-17/h8-9H,1-7H2,(H,18,19). The fourth-order valence-electron chi connectivity index (χ4n) is 2.31. The zero-order chi connectivity index (χ0) is 14.5. The SMILES string of the molecule is O=C(O)CCCc1cc(F)c(F)cc1N1CCOCC1. The molecule has 0 aromatic heterocycles. The van der Waals surface area contributed by atoms with Crippen molar-refractivity contribution in [3.63, 3.8) is 0 Å². The lowest BCUT2D eigenvalue weighted by atomic mass is 10.0. The Morgan fingerprint density at radius 2 is 1.90 bits per heavy atom. The number of aliphatic carboxylic acids is 1. The van der Waals surface area contributed by atoms with Crippen LogP contribution in [0.2, 0.25) is 0 Å². The van der Waals surface area contributed by atoms with E-state index >= 15 is 0 Å². The monoisotopic (exact) mass is 285 g/mol. The number of morpholine rings is 1. The summed E-state index contributed by atoms with van der Waals surface area (Å²) < 4.78 is 32.1. The van der Waals surface area contributed by atoms with Crippen LogP contribution < -0.4 is 4.90 Å². The molecule has 4 nitrogen and oxygen atoms in total. The first-order valence-electron chi connectivity index (χ1n) is 6.60. The Bertz CT molecular complexity index is 488. The minimum absolute atomic E-state index is 0.0154. The van der Waals surface area contributed by atoms with E-state index < -0.39 is 17.6 Å². The number of halogens is 2. The average molecular weight is 285 g/mol. The summed E-state index contributed by atoms with van der Waals surface area (Å²) in [4.78, 5) is 12.5. The third-order valence-electron chi connectivity index (χ3n) is 3.31. The van der Waals surface area contributed by atoms with E-state index in [4.69, 9.17) is 9.84 Å². The summed E-state index contributed by atoms with van der Waals surface area (Å²) in [7, 11) is 0. The van der Waals surface area contributed by atoms with Gasteiger partial charge in [0, 0.05) is 31.3 Å². The van der Waals surface area contributed by atoms with E-state index in [1.54, 1.807) is 0 Å². The lowest BCUT2D eigenvalue weighted by molar-refractivity contribution is -0.137. The van der Waals surface area contributed by atoms with Gasteiger partial charge in [-0.1, -0.05) is 0 Å². The molecule has 110 valence electrons. The molecule has 1 aromatic carbocycles. The van der Waals surface area contributed by atoms with Gasteiger partial charge in [0.05, 0.1) is 13.2 Å². The Balaban J connectivity index is 2.18. The summed E-state index contributed by atoms with van der Waals surface area (Å²) in [5, 5.41) is 8.65. The minimum atomic E-state index is -0.896. The fraction of sp³-hybridized carbons (Fsp3) is 0.500. The number of carbonyl (C=O) groups is 1. The second kappa shape index (κ2) is 6.65. The van der Waals surface area contributed by atoms with Crippen LogP contribution in [0.15, 0.2) is 12.1 Å². The van der Waals surface area contributed by atoms with Gasteiger partial charge >= 0.3 is 5.97 Å². The van der Waals surface area contributed by atoms with E-state index in [2.05, 4.69) is 0 Å². The first-order chi connectivity index (χ1) is 9.58. The first-order valence-corrected chi connectivity index (χ1v) is 6.60. The largest absolute Gasteiger partial charge is 0.481 e. The van der Waals surface area contributed by atoms with Crippen LogP contribution in [0.25, 0.3) is 0 Å². The number of nitrogens with zero attached hydrogens (tertiary/aromatic N) is 1. The number of carboxylic acid groups (broad SMARTS) is 1. The van der Waals surface area contributed by atoms with E-state index in [0.29, 0.717) is 50.4 Å². The van der Waals surface area contributed by atoms with Crippen molar-refractivity contribution in [2.75, 3.05) is 31.2 Å². The highest BCUT2D eigenvalue weighted by Gasteiger charge is 2.18. The van der Waals surface area contributed by atoms with E-state index in [1.165, 1.54) is 12.1 Å². The molecule has 1 aliphatic heterocycles. The van der Waals surface area contributed by atoms with Crippen LogP contribution >= 0.6 is 0 Å². The molecule has 0 bridgehead atoms. The van der Waals surface area contributed by atoms with Crippen LogP contribution in [0.4, 0.5) is 14.5 Å². The highest BCUT2D eigenvalue weighted by molar-refractivity contribution is 5.66. The Hall–Kier alpha value is -1.69. The second-order valence-corrected chi connectivity index (χ2v) is 4.74. The Kier molecular flexibility index (Phi) is 4.89. The summed E-state index contributed by atoms with van der Waals surface area (Å²) >= 11 is 0.